The molecule has 0 saturated carbocycles. The smallest absolute Gasteiger partial charge is 0.216 e. The van der Waals surface area contributed by atoms with Crippen molar-refractivity contribution in [1.29, 1.82) is 0 Å². The highest BCUT2D eigenvalue weighted by atomic mass is 32.2. The fourth-order valence-corrected chi connectivity index (χ4v) is 3.63. The van der Waals surface area contributed by atoms with Crippen LogP contribution in [0, 0.1) is 5.92 Å². The maximum atomic E-state index is 12.3. The quantitative estimate of drug-likeness (QED) is 0.755. The average molecular weight is 313 g/mol. The molecule has 1 aromatic rings. The van der Waals surface area contributed by atoms with Crippen LogP contribution in [0.1, 0.15) is 25.0 Å². The van der Waals surface area contributed by atoms with Crippen molar-refractivity contribution in [1.82, 2.24) is 9.62 Å². The van der Waals surface area contributed by atoms with Gasteiger partial charge in [0, 0.05) is 19.1 Å². The van der Waals surface area contributed by atoms with Crippen LogP contribution in [0.25, 0.3) is 0 Å². The molecule has 0 spiro atoms. The van der Waals surface area contributed by atoms with Crippen LogP contribution in [0.5, 0.6) is 0 Å². The number of nitrogens with zero attached hydrogens (tertiary/aromatic N) is 1. The minimum atomic E-state index is -3.37. The van der Waals surface area contributed by atoms with E-state index in [-0.39, 0.29) is 17.7 Å². The Morgan fingerprint density at radius 3 is 2.38 bits per heavy atom. The van der Waals surface area contributed by atoms with Gasteiger partial charge in [-0.2, -0.15) is 0 Å². The summed E-state index contributed by atoms with van der Waals surface area (Å²) >= 11 is 0. The number of hydrogen-bond donors (Lipinski definition) is 2. The van der Waals surface area contributed by atoms with E-state index < -0.39 is 10.0 Å². The topological polar surface area (TPSA) is 75.4 Å². The third-order valence-corrected chi connectivity index (χ3v) is 4.66. The molecule has 0 aliphatic carbocycles. The molecule has 0 aliphatic rings. The summed E-state index contributed by atoms with van der Waals surface area (Å²) in [6, 6.07) is 7.30. The molecule has 1 atom stereocenters. The number of benzene rings is 1. The van der Waals surface area contributed by atoms with Gasteiger partial charge in [0.15, 0.2) is 0 Å². The predicted octanol–water partition coefficient (Wildman–Crippen LogP) is 1.15. The van der Waals surface area contributed by atoms with E-state index in [1.165, 1.54) is 0 Å². The van der Waals surface area contributed by atoms with Gasteiger partial charge in [-0.05, 0) is 31.1 Å². The summed E-state index contributed by atoms with van der Waals surface area (Å²) in [6.07, 6.45) is 0. The van der Waals surface area contributed by atoms with Crippen LogP contribution >= 0.6 is 0 Å². The molecular formula is C15H27N3O2S. The maximum absolute atomic E-state index is 12.3. The Kier molecular flexibility index (Phi) is 6.80. The molecule has 0 radical (unpaired) electrons. The van der Waals surface area contributed by atoms with Gasteiger partial charge in [0.1, 0.15) is 0 Å². The Morgan fingerprint density at radius 2 is 1.86 bits per heavy atom. The Labute approximate surface area is 128 Å². The monoisotopic (exact) mass is 313 g/mol. The minimum absolute atomic E-state index is 0.0164. The molecule has 0 aliphatic heterocycles. The normalized spacial score (nSPS) is 13.9. The van der Waals surface area contributed by atoms with Gasteiger partial charge in [-0.25, -0.2) is 13.1 Å². The second-order valence-corrected chi connectivity index (χ2v) is 7.77. The van der Waals surface area contributed by atoms with E-state index in [0.29, 0.717) is 13.1 Å². The highest BCUT2D eigenvalue weighted by molar-refractivity contribution is 7.88. The van der Waals surface area contributed by atoms with E-state index in [0.717, 1.165) is 11.1 Å². The first-order chi connectivity index (χ1) is 9.73. The number of nitrogens with one attached hydrogen (secondary N) is 1. The SMILES string of the molecule is CC(C)C(CN(C)C)NS(=O)(=O)Cc1cccc(CN)c1. The standard InChI is InChI=1S/C15H27N3O2S/c1-12(2)15(10-18(3)4)17-21(19,20)11-14-7-5-6-13(8-14)9-16/h5-8,12,15,17H,9-11,16H2,1-4H3. The van der Waals surface area contributed by atoms with Gasteiger partial charge < -0.3 is 10.6 Å². The lowest BCUT2D eigenvalue weighted by atomic mass is 10.1. The average Bonchev–Trinajstić information content (AvgIpc) is 2.36. The van der Waals surface area contributed by atoms with Crippen LogP contribution in [-0.4, -0.2) is 40.0 Å². The molecule has 0 aromatic heterocycles. The summed E-state index contributed by atoms with van der Waals surface area (Å²) in [5.41, 5.74) is 7.29. The number of hydrogen-bond acceptors (Lipinski definition) is 4. The van der Waals surface area contributed by atoms with Crippen molar-refractivity contribution >= 4 is 10.0 Å². The Morgan fingerprint density at radius 1 is 1.24 bits per heavy atom. The molecule has 1 aromatic carbocycles. The second kappa shape index (κ2) is 7.89. The molecule has 0 fully saturated rings. The van der Waals surface area contributed by atoms with E-state index in [2.05, 4.69) is 4.72 Å². The Balaban J connectivity index is 2.79. The molecule has 0 heterocycles. The van der Waals surface area contributed by atoms with Gasteiger partial charge in [-0.1, -0.05) is 38.1 Å². The lowest BCUT2D eigenvalue weighted by Crippen LogP contribution is -2.45. The fourth-order valence-electron chi connectivity index (χ4n) is 2.12. The summed E-state index contributed by atoms with van der Waals surface area (Å²) in [6.45, 7) is 5.13. The van der Waals surface area contributed by atoms with Crippen LogP contribution in [0.4, 0.5) is 0 Å². The summed E-state index contributed by atoms with van der Waals surface area (Å²) in [5.74, 6) is 0.217. The van der Waals surface area contributed by atoms with Crippen molar-refractivity contribution in [3.05, 3.63) is 35.4 Å². The number of likely N-dealkylation sites (N-methyl/N-ethyl adjacent to an activating group) is 1. The maximum Gasteiger partial charge on any atom is 0.216 e. The molecule has 21 heavy (non-hydrogen) atoms. The van der Waals surface area contributed by atoms with Crippen LogP contribution < -0.4 is 10.5 Å². The van der Waals surface area contributed by atoms with Crippen molar-refractivity contribution in [2.75, 3.05) is 20.6 Å². The molecule has 0 saturated heterocycles. The zero-order valence-electron chi connectivity index (χ0n) is 13.3. The van der Waals surface area contributed by atoms with Crippen LogP contribution in [0.15, 0.2) is 24.3 Å². The number of sulfonamides is 1. The Hall–Kier alpha value is -0.950. The van der Waals surface area contributed by atoms with Gasteiger partial charge in [0.25, 0.3) is 0 Å². The summed E-state index contributed by atoms with van der Waals surface area (Å²) in [5, 5.41) is 0. The first-order valence-corrected chi connectivity index (χ1v) is 8.81. The van der Waals surface area contributed by atoms with Crippen LogP contribution in [0.3, 0.4) is 0 Å². The van der Waals surface area contributed by atoms with Gasteiger partial charge >= 0.3 is 0 Å². The van der Waals surface area contributed by atoms with E-state index in [1.54, 1.807) is 0 Å². The fraction of sp³-hybridized carbons (Fsp3) is 0.600. The molecule has 0 bridgehead atoms. The van der Waals surface area contributed by atoms with E-state index in [1.807, 2.05) is 57.1 Å². The Bertz CT molecular complexity index is 542. The molecule has 0 amide bonds. The minimum Gasteiger partial charge on any atom is -0.326 e. The van der Waals surface area contributed by atoms with Crippen molar-refractivity contribution in [3.8, 4) is 0 Å². The zero-order chi connectivity index (χ0) is 16.0. The third-order valence-electron chi connectivity index (χ3n) is 3.28. The molecule has 1 rings (SSSR count). The second-order valence-electron chi connectivity index (χ2n) is 6.01. The van der Waals surface area contributed by atoms with E-state index in [4.69, 9.17) is 5.73 Å². The van der Waals surface area contributed by atoms with Crippen molar-refractivity contribution < 1.29 is 8.42 Å². The van der Waals surface area contributed by atoms with Gasteiger partial charge in [0.05, 0.1) is 5.75 Å². The zero-order valence-corrected chi connectivity index (χ0v) is 14.2. The van der Waals surface area contributed by atoms with Gasteiger partial charge in [0.2, 0.25) is 10.0 Å². The first-order valence-electron chi connectivity index (χ1n) is 7.16. The molecule has 3 N–H and O–H groups in total. The number of rotatable bonds is 8. The molecule has 120 valence electrons. The van der Waals surface area contributed by atoms with Crippen molar-refractivity contribution in [3.63, 3.8) is 0 Å². The lowest BCUT2D eigenvalue weighted by Gasteiger charge is -2.25. The molecule has 5 nitrogen and oxygen atoms in total. The third kappa shape index (κ3) is 6.56. The van der Waals surface area contributed by atoms with Gasteiger partial charge in [-0.3, -0.25) is 0 Å². The molecule has 1 unspecified atom stereocenters. The van der Waals surface area contributed by atoms with Crippen molar-refractivity contribution in [2.24, 2.45) is 11.7 Å². The highest BCUT2D eigenvalue weighted by Crippen LogP contribution is 2.11. The van der Waals surface area contributed by atoms with E-state index in [9.17, 15) is 8.42 Å². The first kappa shape index (κ1) is 18.1. The van der Waals surface area contributed by atoms with Crippen LogP contribution in [-0.2, 0) is 22.3 Å². The molecular weight excluding hydrogens is 286 g/mol. The summed E-state index contributed by atoms with van der Waals surface area (Å²) in [7, 11) is 0.511. The summed E-state index contributed by atoms with van der Waals surface area (Å²) < 4.78 is 27.5. The van der Waals surface area contributed by atoms with E-state index >= 15 is 0 Å². The summed E-state index contributed by atoms with van der Waals surface area (Å²) in [4.78, 5) is 1.99. The van der Waals surface area contributed by atoms with Crippen molar-refractivity contribution in [2.45, 2.75) is 32.2 Å². The number of nitrogens with two attached hydrogens (primary N) is 1. The predicted molar refractivity (Wildman–Crippen MR) is 87.3 cm³/mol. The molecule has 6 heteroatoms. The lowest BCUT2D eigenvalue weighted by molar-refractivity contribution is 0.314. The highest BCUT2D eigenvalue weighted by Gasteiger charge is 2.21. The largest absolute Gasteiger partial charge is 0.326 e. The van der Waals surface area contributed by atoms with Crippen LogP contribution in [0.2, 0.25) is 0 Å². The van der Waals surface area contributed by atoms with Gasteiger partial charge in [-0.15, -0.1) is 0 Å².